The van der Waals surface area contributed by atoms with Crippen molar-refractivity contribution < 1.29 is 8.42 Å². The van der Waals surface area contributed by atoms with Gasteiger partial charge in [-0.1, -0.05) is 18.5 Å². The molecule has 0 bridgehead atoms. The molecule has 1 heterocycles. The molecule has 1 aliphatic heterocycles. The molecule has 1 aliphatic rings. The van der Waals surface area contributed by atoms with E-state index in [-0.39, 0.29) is 15.3 Å². The molecule has 114 valence electrons. The minimum Gasteiger partial charge on any atom is -0.316 e. The highest BCUT2D eigenvalue weighted by molar-refractivity contribution is 7.89. The van der Waals surface area contributed by atoms with E-state index in [1.54, 1.807) is 0 Å². The largest absolute Gasteiger partial charge is 0.316 e. The normalized spacial score (nSPS) is 22.7. The molecule has 2 rings (SSSR count). The second-order valence-electron chi connectivity index (χ2n) is 5.67. The van der Waals surface area contributed by atoms with Crippen molar-refractivity contribution in [2.75, 3.05) is 19.6 Å². The molecule has 1 fully saturated rings. The van der Waals surface area contributed by atoms with Crippen LogP contribution in [-0.4, -0.2) is 28.1 Å². The number of nitrogens with one attached hydrogen (secondary N) is 2. The van der Waals surface area contributed by atoms with E-state index in [9.17, 15) is 8.42 Å². The zero-order valence-electron chi connectivity index (χ0n) is 11.8. The van der Waals surface area contributed by atoms with Crippen molar-refractivity contribution in [3.05, 3.63) is 28.8 Å². The molecule has 0 saturated carbocycles. The molecule has 21 heavy (non-hydrogen) atoms. The summed E-state index contributed by atoms with van der Waals surface area (Å²) < 4.78 is 27.3. The van der Waals surface area contributed by atoms with Gasteiger partial charge in [0.15, 0.2) is 0 Å². The van der Waals surface area contributed by atoms with E-state index >= 15 is 0 Å². The summed E-state index contributed by atoms with van der Waals surface area (Å²) >= 11 is 5.97. The second-order valence-corrected chi connectivity index (χ2v) is 7.82. The highest BCUT2D eigenvalue weighted by Gasteiger charge is 2.29. The van der Waals surface area contributed by atoms with E-state index in [0.717, 1.165) is 25.9 Å². The van der Waals surface area contributed by atoms with Gasteiger partial charge in [-0.3, -0.25) is 0 Å². The van der Waals surface area contributed by atoms with Gasteiger partial charge in [0.2, 0.25) is 10.0 Å². The van der Waals surface area contributed by atoms with Crippen LogP contribution in [0.3, 0.4) is 0 Å². The van der Waals surface area contributed by atoms with Gasteiger partial charge in [-0.05, 0) is 43.0 Å². The molecule has 1 aromatic rings. The minimum absolute atomic E-state index is 0.00975. The van der Waals surface area contributed by atoms with Gasteiger partial charge >= 0.3 is 0 Å². The number of halogens is 1. The molecule has 1 saturated heterocycles. The van der Waals surface area contributed by atoms with Gasteiger partial charge in [0.1, 0.15) is 4.90 Å². The van der Waals surface area contributed by atoms with Crippen molar-refractivity contribution in [1.82, 2.24) is 10.0 Å². The van der Waals surface area contributed by atoms with Crippen LogP contribution in [0, 0.1) is 16.7 Å². The topological polar surface area (TPSA) is 82.0 Å². The first-order valence-electron chi connectivity index (χ1n) is 6.76. The third-order valence-corrected chi connectivity index (χ3v) is 5.61. The fourth-order valence-corrected chi connectivity index (χ4v) is 4.15. The number of rotatable bonds is 4. The van der Waals surface area contributed by atoms with Crippen molar-refractivity contribution >= 4 is 21.6 Å². The molecule has 0 spiro atoms. The fraction of sp³-hybridized carbons (Fsp3) is 0.500. The van der Waals surface area contributed by atoms with Gasteiger partial charge < -0.3 is 5.32 Å². The average Bonchev–Trinajstić information content (AvgIpc) is 2.46. The van der Waals surface area contributed by atoms with Crippen LogP contribution in [0.15, 0.2) is 23.1 Å². The predicted octanol–water partition coefficient (Wildman–Crippen LogP) is 1.88. The summed E-state index contributed by atoms with van der Waals surface area (Å²) in [6.07, 6.45) is 2.01. The van der Waals surface area contributed by atoms with Crippen LogP contribution in [0.4, 0.5) is 0 Å². The van der Waals surface area contributed by atoms with Crippen LogP contribution in [0.25, 0.3) is 0 Å². The summed E-state index contributed by atoms with van der Waals surface area (Å²) in [7, 11) is -3.67. The van der Waals surface area contributed by atoms with Crippen molar-refractivity contribution in [1.29, 1.82) is 5.26 Å². The maximum absolute atomic E-state index is 12.3. The van der Waals surface area contributed by atoms with Crippen molar-refractivity contribution in [3.8, 4) is 6.07 Å². The number of nitriles is 1. The average molecular weight is 328 g/mol. The quantitative estimate of drug-likeness (QED) is 0.884. The third kappa shape index (κ3) is 3.95. The van der Waals surface area contributed by atoms with Crippen LogP contribution in [0.1, 0.15) is 25.3 Å². The molecule has 1 aromatic carbocycles. The molecule has 1 unspecified atom stereocenters. The Morgan fingerprint density at radius 1 is 1.52 bits per heavy atom. The summed E-state index contributed by atoms with van der Waals surface area (Å²) in [4.78, 5) is 0.00975. The number of benzene rings is 1. The van der Waals surface area contributed by atoms with Crippen LogP contribution >= 0.6 is 11.6 Å². The highest BCUT2D eigenvalue weighted by atomic mass is 35.5. The van der Waals surface area contributed by atoms with Gasteiger partial charge in [-0.2, -0.15) is 5.26 Å². The SMILES string of the molecule is CC1(CNS(=O)(=O)c2ccc(C#N)cc2Cl)CCCNC1. The molecule has 1 atom stereocenters. The fourth-order valence-electron chi connectivity index (χ4n) is 2.40. The standard InChI is InChI=1S/C14H18ClN3O2S/c1-14(5-2-6-17-9-14)10-18-21(19,20)13-4-3-11(8-16)7-12(13)15/h3-4,7,17-18H,2,5-6,9-10H2,1H3. The first-order chi connectivity index (χ1) is 9.86. The lowest BCUT2D eigenvalue weighted by molar-refractivity contribution is 0.238. The van der Waals surface area contributed by atoms with E-state index in [1.807, 2.05) is 6.07 Å². The zero-order chi connectivity index (χ0) is 15.5. The van der Waals surface area contributed by atoms with Gasteiger partial charge in [-0.15, -0.1) is 0 Å². The molecule has 0 aliphatic carbocycles. The second kappa shape index (κ2) is 6.32. The molecule has 0 radical (unpaired) electrons. The Morgan fingerprint density at radius 3 is 2.86 bits per heavy atom. The van der Waals surface area contributed by atoms with Crippen LogP contribution in [0.2, 0.25) is 5.02 Å². The zero-order valence-corrected chi connectivity index (χ0v) is 13.4. The third-order valence-electron chi connectivity index (χ3n) is 3.73. The Bertz CT molecular complexity index is 661. The summed E-state index contributed by atoms with van der Waals surface area (Å²) in [5, 5.41) is 12.1. The molecular weight excluding hydrogens is 310 g/mol. The molecular formula is C14H18ClN3O2S. The van der Waals surface area contributed by atoms with E-state index in [2.05, 4.69) is 17.0 Å². The lowest BCUT2D eigenvalue weighted by atomic mass is 9.83. The lowest BCUT2D eigenvalue weighted by Gasteiger charge is -2.34. The molecule has 0 amide bonds. The molecule has 7 heteroatoms. The maximum atomic E-state index is 12.3. The van der Waals surface area contributed by atoms with Crippen LogP contribution in [0.5, 0.6) is 0 Å². The Balaban J connectivity index is 2.13. The molecule has 5 nitrogen and oxygen atoms in total. The number of piperidine rings is 1. The Hall–Kier alpha value is -1.13. The molecule has 0 aromatic heterocycles. The van der Waals surface area contributed by atoms with Gasteiger partial charge in [-0.25, -0.2) is 13.1 Å². The van der Waals surface area contributed by atoms with Crippen LogP contribution < -0.4 is 10.0 Å². The van der Waals surface area contributed by atoms with Gasteiger partial charge in [0.05, 0.1) is 16.7 Å². The van der Waals surface area contributed by atoms with Crippen molar-refractivity contribution in [3.63, 3.8) is 0 Å². The summed E-state index contributed by atoms with van der Waals surface area (Å²) in [6, 6.07) is 6.10. The number of sulfonamides is 1. The maximum Gasteiger partial charge on any atom is 0.242 e. The van der Waals surface area contributed by atoms with Gasteiger partial charge in [0.25, 0.3) is 0 Å². The van der Waals surface area contributed by atoms with Crippen LogP contribution in [-0.2, 0) is 10.0 Å². The Labute approximate surface area is 130 Å². The highest BCUT2D eigenvalue weighted by Crippen LogP contribution is 2.26. The number of nitrogens with zero attached hydrogens (tertiary/aromatic N) is 1. The number of hydrogen-bond donors (Lipinski definition) is 2. The number of hydrogen-bond acceptors (Lipinski definition) is 4. The van der Waals surface area contributed by atoms with E-state index in [0.29, 0.717) is 12.1 Å². The van der Waals surface area contributed by atoms with Crippen molar-refractivity contribution in [2.24, 2.45) is 5.41 Å². The Morgan fingerprint density at radius 2 is 2.29 bits per heavy atom. The first-order valence-corrected chi connectivity index (χ1v) is 8.62. The smallest absolute Gasteiger partial charge is 0.242 e. The monoisotopic (exact) mass is 327 g/mol. The first kappa shape index (κ1) is 16.2. The van der Waals surface area contributed by atoms with Crippen molar-refractivity contribution in [2.45, 2.75) is 24.7 Å². The summed E-state index contributed by atoms with van der Waals surface area (Å²) in [6.45, 7) is 4.18. The summed E-state index contributed by atoms with van der Waals surface area (Å²) in [5.41, 5.74) is 0.243. The predicted molar refractivity (Wildman–Crippen MR) is 81.6 cm³/mol. The Kier molecular flexibility index (Phi) is 4.89. The lowest BCUT2D eigenvalue weighted by Crippen LogP contribution is -2.45. The van der Waals surface area contributed by atoms with E-state index < -0.39 is 10.0 Å². The van der Waals surface area contributed by atoms with E-state index in [4.69, 9.17) is 16.9 Å². The molecule has 2 N–H and O–H groups in total. The minimum atomic E-state index is -3.67. The summed E-state index contributed by atoms with van der Waals surface area (Å²) in [5.74, 6) is 0. The van der Waals surface area contributed by atoms with Gasteiger partial charge in [0, 0.05) is 13.1 Å². The van der Waals surface area contributed by atoms with E-state index in [1.165, 1.54) is 18.2 Å².